The Bertz CT molecular complexity index is 711. The van der Waals surface area contributed by atoms with Gasteiger partial charge in [0.05, 0.1) is 17.9 Å². The molecule has 1 atom stereocenters. The lowest BCUT2D eigenvalue weighted by molar-refractivity contribution is 0.442. The Hall–Kier alpha value is -1.90. The molecule has 1 saturated carbocycles. The minimum Gasteiger partial charge on any atom is -0.326 e. The minimum atomic E-state index is 0.240. The zero-order valence-electron chi connectivity index (χ0n) is 17.8. The molecule has 3 heteroatoms. The number of hydrogen-bond acceptors (Lipinski definition) is 2. The molecule has 0 N–H and O–H groups in total. The van der Waals surface area contributed by atoms with E-state index in [9.17, 15) is 0 Å². The average Bonchev–Trinajstić information content (AvgIpc) is 3.17. The van der Waals surface area contributed by atoms with Gasteiger partial charge in [-0.1, -0.05) is 82.7 Å². The van der Waals surface area contributed by atoms with Crippen molar-refractivity contribution >= 4 is 6.21 Å². The fourth-order valence-corrected chi connectivity index (χ4v) is 4.23. The lowest BCUT2D eigenvalue weighted by atomic mass is 9.90. The third kappa shape index (κ3) is 5.56. The van der Waals surface area contributed by atoms with Gasteiger partial charge in [-0.3, -0.25) is 4.99 Å². The highest BCUT2D eigenvalue weighted by atomic mass is 15.1. The van der Waals surface area contributed by atoms with Gasteiger partial charge >= 0.3 is 0 Å². The number of rotatable bonds is 10. The monoisotopic (exact) mass is 379 g/mol. The number of benzene rings is 1. The van der Waals surface area contributed by atoms with Crippen LogP contribution in [0.2, 0.25) is 0 Å². The molecule has 28 heavy (non-hydrogen) atoms. The summed E-state index contributed by atoms with van der Waals surface area (Å²) in [5.74, 6) is 1.77. The molecule has 2 aromatic rings. The summed E-state index contributed by atoms with van der Waals surface area (Å²) in [6.07, 6.45) is 17.0. The van der Waals surface area contributed by atoms with Gasteiger partial charge in [-0.25, -0.2) is 4.98 Å². The molecule has 1 aromatic heterocycles. The van der Waals surface area contributed by atoms with Gasteiger partial charge in [0.1, 0.15) is 5.82 Å². The van der Waals surface area contributed by atoms with Gasteiger partial charge in [0.25, 0.3) is 0 Å². The zero-order valence-corrected chi connectivity index (χ0v) is 17.8. The molecule has 0 aliphatic heterocycles. The first-order valence-corrected chi connectivity index (χ1v) is 11.5. The second-order valence-corrected chi connectivity index (χ2v) is 8.23. The molecule has 1 aromatic carbocycles. The van der Waals surface area contributed by atoms with E-state index in [0.29, 0.717) is 5.92 Å². The Balaban J connectivity index is 1.89. The van der Waals surface area contributed by atoms with E-state index in [1.807, 2.05) is 0 Å². The van der Waals surface area contributed by atoms with Crippen molar-refractivity contribution in [3.63, 3.8) is 0 Å². The summed E-state index contributed by atoms with van der Waals surface area (Å²) >= 11 is 0. The number of unbranched alkanes of at least 4 members (excludes halogenated alkanes) is 2. The molecule has 1 heterocycles. The minimum absolute atomic E-state index is 0.240. The molecule has 152 valence electrons. The standard InChI is InChI=1S/C25H37N3/c1-3-5-17-23(26-19-21-13-9-7-10-14-21)24-20-27-25(28(24)18-6-4-2)22-15-11-8-12-16-22/h8,11-12,15-16,19-21,23H,3-7,9-10,13-14,17-18H2,1-2H3/b26-19-/t23-/m1/s1. The Morgan fingerprint density at radius 2 is 1.82 bits per heavy atom. The van der Waals surface area contributed by atoms with Crippen LogP contribution < -0.4 is 0 Å². The van der Waals surface area contributed by atoms with Gasteiger partial charge in [0.15, 0.2) is 0 Å². The predicted molar refractivity (Wildman–Crippen MR) is 120 cm³/mol. The van der Waals surface area contributed by atoms with Crippen LogP contribution >= 0.6 is 0 Å². The SMILES string of the molecule is CCCC[C@@H](/N=C\C1CCCCC1)c1cnc(-c2ccccc2)n1CCCC. The van der Waals surface area contributed by atoms with Gasteiger partial charge in [-0.05, 0) is 31.6 Å². The van der Waals surface area contributed by atoms with E-state index >= 15 is 0 Å². The highest BCUT2D eigenvalue weighted by Crippen LogP contribution is 2.30. The molecule has 1 fully saturated rings. The summed E-state index contributed by atoms with van der Waals surface area (Å²) in [4.78, 5) is 10.00. The van der Waals surface area contributed by atoms with Crippen molar-refractivity contribution in [1.82, 2.24) is 9.55 Å². The molecule has 3 rings (SSSR count). The van der Waals surface area contributed by atoms with Crippen LogP contribution in [0.3, 0.4) is 0 Å². The Labute approximate surface area is 171 Å². The van der Waals surface area contributed by atoms with E-state index < -0.39 is 0 Å². The Morgan fingerprint density at radius 1 is 1.07 bits per heavy atom. The summed E-state index contributed by atoms with van der Waals surface area (Å²) in [6, 6.07) is 10.8. The second-order valence-electron chi connectivity index (χ2n) is 8.23. The van der Waals surface area contributed by atoms with Crippen molar-refractivity contribution in [2.75, 3.05) is 0 Å². The molecular weight excluding hydrogens is 342 g/mol. The zero-order chi connectivity index (χ0) is 19.6. The van der Waals surface area contributed by atoms with E-state index in [2.05, 4.69) is 61.2 Å². The molecule has 0 unspecified atom stereocenters. The summed E-state index contributed by atoms with van der Waals surface area (Å²) in [5.41, 5.74) is 2.50. The fraction of sp³-hybridized carbons (Fsp3) is 0.600. The number of aromatic nitrogens is 2. The second kappa shape index (κ2) is 11.2. The summed E-state index contributed by atoms with van der Waals surface area (Å²) in [6.45, 7) is 5.55. The first kappa shape index (κ1) is 20.8. The van der Waals surface area contributed by atoms with Crippen molar-refractivity contribution < 1.29 is 0 Å². The van der Waals surface area contributed by atoms with Crippen molar-refractivity contribution in [3.05, 3.63) is 42.2 Å². The van der Waals surface area contributed by atoms with E-state index in [1.54, 1.807) is 0 Å². The van der Waals surface area contributed by atoms with Gasteiger partial charge < -0.3 is 4.57 Å². The van der Waals surface area contributed by atoms with E-state index in [0.717, 1.165) is 18.8 Å². The van der Waals surface area contributed by atoms with Gasteiger partial charge in [0, 0.05) is 18.3 Å². The van der Waals surface area contributed by atoms with Crippen LogP contribution in [-0.4, -0.2) is 15.8 Å². The Kier molecular flexibility index (Phi) is 8.32. The van der Waals surface area contributed by atoms with Gasteiger partial charge in [-0.2, -0.15) is 0 Å². The highest BCUT2D eigenvalue weighted by Gasteiger charge is 2.20. The molecule has 3 nitrogen and oxygen atoms in total. The third-order valence-corrected chi connectivity index (χ3v) is 5.95. The van der Waals surface area contributed by atoms with Crippen LogP contribution in [0.1, 0.15) is 89.8 Å². The average molecular weight is 380 g/mol. The molecule has 0 spiro atoms. The smallest absolute Gasteiger partial charge is 0.140 e. The van der Waals surface area contributed by atoms with Crippen molar-refractivity contribution in [3.8, 4) is 11.4 Å². The normalized spacial score (nSPS) is 16.6. The van der Waals surface area contributed by atoms with E-state index in [-0.39, 0.29) is 6.04 Å². The van der Waals surface area contributed by atoms with Gasteiger partial charge in [-0.15, -0.1) is 0 Å². The maximum Gasteiger partial charge on any atom is 0.140 e. The maximum absolute atomic E-state index is 5.15. The summed E-state index contributed by atoms with van der Waals surface area (Å²) < 4.78 is 2.44. The third-order valence-electron chi connectivity index (χ3n) is 5.95. The van der Waals surface area contributed by atoms with Crippen molar-refractivity contribution in [2.45, 2.75) is 90.6 Å². The molecule has 0 radical (unpaired) electrons. The van der Waals surface area contributed by atoms with E-state index in [1.165, 1.54) is 69.0 Å². The van der Waals surface area contributed by atoms with Crippen LogP contribution in [0.15, 0.2) is 41.5 Å². The Morgan fingerprint density at radius 3 is 2.54 bits per heavy atom. The largest absolute Gasteiger partial charge is 0.326 e. The van der Waals surface area contributed by atoms with Crippen LogP contribution in [0.4, 0.5) is 0 Å². The fourth-order valence-electron chi connectivity index (χ4n) is 4.23. The molecular formula is C25H37N3. The van der Waals surface area contributed by atoms with Crippen molar-refractivity contribution in [2.24, 2.45) is 10.9 Å². The van der Waals surface area contributed by atoms with Gasteiger partial charge in [0.2, 0.25) is 0 Å². The number of imidazole rings is 1. The molecule has 0 saturated heterocycles. The molecule has 1 aliphatic rings. The first-order valence-electron chi connectivity index (χ1n) is 11.5. The number of hydrogen-bond donors (Lipinski definition) is 0. The lowest BCUT2D eigenvalue weighted by Gasteiger charge is -2.20. The van der Waals surface area contributed by atoms with Crippen LogP contribution in [0.5, 0.6) is 0 Å². The molecule has 0 bridgehead atoms. The molecule has 1 aliphatic carbocycles. The van der Waals surface area contributed by atoms with Crippen molar-refractivity contribution in [1.29, 1.82) is 0 Å². The maximum atomic E-state index is 5.15. The highest BCUT2D eigenvalue weighted by molar-refractivity contribution is 5.61. The van der Waals surface area contributed by atoms with E-state index in [4.69, 9.17) is 9.98 Å². The lowest BCUT2D eigenvalue weighted by Crippen LogP contribution is -2.11. The first-order chi connectivity index (χ1) is 13.8. The topological polar surface area (TPSA) is 30.2 Å². The van der Waals surface area contributed by atoms with Crippen LogP contribution in [0.25, 0.3) is 11.4 Å². The van der Waals surface area contributed by atoms with Crippen LogP contribution in [-0.2, 0) is 6.54 Å². The predicted octanol–water partition coefficient (Wildman–Crippen LogP) is 7.23. The molecule has 0 amide bonds. The quantitative estimate of drug-likeness (QED) is 0.400. The summed E-state index contributed by atoms with van der Waals surface area (Å²) in [7, 11) is 0. The number of aliphatic imine (C=N–C) groups is 1. The number of nitrogens with zero attached hydrogens (tertiary/aromatic N) is 3. The van der Waals surface area contributed by atoms with Crippen LogP contribution in [0, 0.1) is 5.92 Å². The summed E-state index contributed by atoms with van der Waals surface area (Å²) in [5, 5.41) is 0.